The maximum Gasteiger partial charge on any atom is 0.273 e. The molecule has 1 aromatic heterocycles. The number of piperazine rings is 1. The Morgan fingerprint density at radius 3 is 2.35 bits per heavy atom. The minimum Gasteiger partial charge on any atom is -0.368 e. The molecule has 8 nitrogen and oxygen atoms in total. The molecule has 1 amide bonds. The summed E-state index contributed by atoms with van der Waals surface area (Å²) in [5.74, 6) is -0.382. The van der Waals surface area contributed by atoms with Crippen LogP contribution in [0.2, 0.25) is 5.02 Å². The molecule has 4 aromatic rings. The summed E-state index contributed by atoms with van der Waals surface area (Å²) in [4.78, 5) is 34.5. The van der Waals surface area contributed by atoms with Crippen molar-refractivity contribution >= 4 is 40.2 Å². The number of carbonyl (C=O) groups excluding carboxylic acids is 1. The Kier molecular flexibility index (Phi) is 8.69. The Labute approximate surface area is 240 Å². The minimum absolute atomic E-state index is 0.0562. The van der Waals surface area contributed by atoms with Gasteiger partial charge in [-0.2, -0.15) is 0 Å². The molecule has 0 unspecified atom stereocenters. The maximum atomic E-state index is 13.4. The largest absolute Gasteiger partial charge is 0.368 e. The first-order valence-corrected chi connectivity index (χ1v) is 14.0. The number of thiazole rings is 1. The predicted molar refractivity (Wildman–Crippen MR) is 154 cm³/mol. The molecule has 11 heteroatoms. The van der Waals surface area contributed by atoms with Crippen LogP contribution in [-0.2, 0) is 19.6 Å². The zero-order chi connectivity index (χ0) is 28.1. The highest BCUT2D eigenvalue weighted by atomic mass is 35.5. The summed E-state index contributed by atoms with van der Waals surface area (Å²) >= 11 is 7.65. The fraction of sp³-hybridized carbons (Fsp3) is 0.241. The summed E-state index contributed by atoms with van der Waals surface area (Å²) in [6.07, 6.45) is 0. The third kappa shape index (κ3) is 7.01. The lowest BCUT2D eigenvalue weighted by molar-refractivity contribution is -0.384. The van der Waals surface area contributed by atoms with Gasteiger partial charge < -0.3 is 9.80 Å². The number of aromatic nitrogens is 1. The summed E-state index contributed by atoms with van der Waals surface area (Å²) in [6.45, 7) is 4.06. The number of hydrogen-bond donors (Lipinski definition) is 0. The standard InChI is InChI=1S/C29H27ClFN5O3S/c30-23-3-1-2-22(16-23)18-33(17-21-4-6-24(31)7-5-21)19-28-32-27(20-40-28)29(37)35-14-12-34(13-15-35)25-8-10-26(11-9-25)36(38)39/h1-11,16,20H,12-15,17-19H2. The Hall–Kier alpha value is -3.86. The average Bonchev–Trinajstić information content (AvgIpc) is 3.42. The molecular formula is C29H27ClFN5O3S. The number of carbonyl (C=O) groups is 1. The van der Waals surface area contributed by atoms with Crippen molar-refractivity contribution in [3.63, 3.8) is 0 Å². The zero-order valence-electron chi connectivity index (χ0n) is 21.6. The van der Waals surface area contributed by atoms with Crippen molar-refractivity contribution in [2.75, 3.05) is 31.1 Å². The summed E-state index contributed by atoms with van der Waals surface area (Å²) in [6, 6.07) is 20.6. The van der Waals surface area contributed by atoms with E-state index in [1.165, 1.54) is 35.6 Å². The summed E-state index contributed by atoms with van der Waals surface area (Å²) < 4.78 is 13.4. The van der Waals surface area contributed by atoms with Gasteiger partial charge in [-0.25, -0.2) is 9.37 Å². The first-order chi connectivity index (χ1) is 19.3. The van der Waals surface area contributed by atoms with Gasteiger partial charge in [0.2, 0.25) is 0 Å². The number of hydrogen-bond acceptors (Lipinski definition) is 7. The second kappa shape index (κ2) is 12.5. The van der Waals surface area contributed by atoms with Gasteiger partial charge in [-0.05, 0) is 47.5 Å². The molecule has 40 heavy (non-hydrogen) atoms. The quantitative estimate of drug-likeness (QED) is 0.178. The van der Waals surface area contributed by atoms with Crippen LogP contribution in [0, 0.1) is 15.9 Å². The normalized spacial score (nSPS) is 13.6. The van der Waals surface area contributed by atoms with E-state index in [9.17, 15) is 19.3 Å². The van der Waals surface area contributed by atoms with Crippen LogP contribution in [0.4, 0.5) is 15.8 Å². The Balaban J connectivity index is 1.22. The molecule has 2 heterocycles. The van der Waals surface area contributed by atoms with Crippen molar-refractivity contribution in [3.8, 4) is 0 Å². The molecular weight excluding hydrogens is 553 g/mol. The topological polar surface area (TPSA) is 82.8 Å². The molecule has 0 bridgehead atoms. The highest BCUT2D eigenvalue weighted by Crippen LogP contribution is 2.23. The lowest BCUT2D eigenvalue weighted by Gasteiger charge is -2.35. The number of anilines is 1. The Morgan fingerprint density at radius 2 is 1.68 bits per heavy atom. The van der Waals surface area contributed by atoms with E-state index in [2.05, 4.69) is 14.8 Å². The van der Waals surface area contributed by atoms with E-state index in [1.54, 1.807) is 34.5 Å². The van der Waals surface area contributed by atoms with Crippen molar-refractivity contribution in [2.45, 2.75) is 19.6 Å². The van der Waals surface area contributed by atoms with Crippen molar-refractivity contribution in [2.24, 2.45) is 0 Å². The van der Waals surface area contributed by atoms with Crippen LogP contribution in [0.15, 0.2) is 78.2 Å². The van der Waals surface area contributed by atoms with Crippen molar-refractivity contribution in [3.05, 3.63) is 121 Å². The van der Waals surface area contributed by atoms with Gasteiger partial charge in [0.05, 0.1) is 11.5 Å². The predicted octanol–water partition coefficient (Wildman–Crippen LogP) is 6.01. The molecule has 3 aromatic carbocycles. The number of nitro groups is 1. The van der Waals surface area contributed by atoms with Crippen LogP contribution in [0.25, 0.3) is 0 Å². The van der Waals surface area contributed by atoms with Gasteiger partial charge >= 0.3 is 0 Å². The molecule has 0 atom stereocenters. The number of benzene rings is 3. The molecule has 1 fully saturated rings. The smallest absolute Gasteiger partial charge is 0.273 e. The van der Waals surface area contributed by atoms with E-state index in [-0.39, 0.29) is 17.4 Å². The molecule has 0 aliphatic carbocycles. The van der Waals surface area contributed by atoms with Crippen LogP contribution in [0.5, 0.6) is 0 Å². The molecule has 1 aliphatic heterocycles. The van der Waals surface area contributed by atoms with E-state index >= 15 is 0 Å². The van der Waals surface area contributed by atoms with Crippen molar-refractivity contribution in [1.82, 2.24) is 14.8 Å². The van der Waals surface area contributed by atoms with Crippen LogP contribution >= 0.6 is 22.9 Å². The molecule has 206 valence electrons. The molecule has 0 saturated carbocycles. The first kappa shape index (κ1) is 27.7. The summed E-state index contributed by atoms with van der Waals surface area (Å²) in [5, 5.41) is 14.2. The molecule has 0 N–H and O–H groups in total. The Morgan fingerprint density at radius 1 is 0.975 bits per heavy atom. The number of amides is 1. The third-order valence-electron chi connectivity index (χ3n) is 6.74. The maximum absolute atomic E-state index is 13.4. The van der Waals surface area contributed by atoms with Gasteiger partial charge in [-0.3, -0.25) is 19.8 Å². The van der Waals surface area contributed by atoms with E-state index < -0.39 is 4.92 Å². The Bertz CT molecular complexity index is 1470. The monoisotopic (exact) mass is 579 g/mol. The number of nitro benzene ring substituents is 1. The molecule has 1 aliphatic rings. The fourth-order valence-corrected chi connectivity index (χ4v) is 5.72. The number of non-ortho nitro benzene ring substituents is 1. The second-order valence-electron chi connectivity index (χ2n) is 9.58. The third-order valence-corrected chi connectivity index (χ3v) is 7.81. The zero-order valence-corrected chi connectivity index (χ0v) is 23.2. The summed E-state index contributed by atoms with van der Waals surface area (Å²) in [7, 11) is 0. The lowest BCUT2D eigenvalue weighted by atomic mass is 10.1. The van der Waals surface area contributed by atoms with Crippen LogP contribution in [0.3, 0.4) is 0 Å². The molecule has 5 rings (SSSR count). The minimum atomic E-state index is -0.415. The van der Waals surface area contributed by atoms with Crippen molar-refractivity contribution in [1.29, 1.82) is 0 Å². The van der Waals surface area contributed by atoms with Gasteiger partial charge in [0.25, 0.3) is 11.6 Å². The highest BCUT2D eigenvalue weighted by Gasteiger charge is 2.25. The SMILES string of the molecule is O=C(c1csc(CN(Cc2ccc(F)cc2)Cc2cccc(Cl)c2)n1)N1CCN(c2ccc([N+](=O)[O-])cc2)CC1. The molecule has 1 saturated heterocycles. The fourth-order valence-electron chi connectivity index (χ4n) is 4.70. The van der Waals surface area contributed by atoms with E-state index in [4.69, 9.17) is 11.6 Å². The number of rotatable bonds is 9. The lowest BCUT2D eigenvalue weighted by Crippen LogP contribution is -2.48. The van der Waals surface area contributed by atoms with E-state index in [1.807, 2.05) is 24.3 Å². The highest BCUT2D eigenvalue weighted by molar-refractivity contribution is 7.09. The van der Waals surface area contributed by atoms with Crippen LogP contribution < -0.4 is 4.90 Å². The first-order valence-electron chi connectivity index (χ1n) is 12.8. The van der Waals surface area contributed by atoms with Crippen LogP contribution in [-0.4, -0.2) is 51.8 Å². The van der Waals surface area contributed by atoms with Crippen LogP contribution in [0.1, 0.15) is 26.6 Å². The number of halogens is 2. The molecule has 0 spiro atoms. The van der Waals surface area contributed by atoms with Gasteiger partial charge in [0, 0.05) is 67.5 Å². The van der Waals surface area contributed by atoms with E-state index in [0.29, 0.717) is 56.5 Å². The summed E-state index contributed by atoms with van der Waals surface area (Å²) in [5.41, 5.74) is 3.40. The van der Waals surface area contributed by atoms with Gasteiger partial charge in [0.1, 0.15) is 16.5 Å². The van der Waals surface area contributed by atoms with Gasteiger partial charge in [-0.15, -0.1) is 11.3 Å². The number of nitrogens with zero attached hydrogens (tertiary/aromatic N) is 5. The van der Waals surface area contributed by atoms with Crippen molar-refractivity contribution < 1.29 is 14.1 Å². The van der Waals surface area contributed by atoms with Gasteiger partial charge in [-0.1, -0.05) is 35.9 Å². The second-order valence-corrected chi connectivity index (χ2v) is 11.0. The average molecular weight is 580 g/mol. The molecule has 0 radical (unpaired) electrons. The van der Waals surface area contributed by atoms with Gasteiger partial charge in [0.15, 0.2) is 0 Å². The van der Waals surface area contributed by atoms with E-state index in [0.717, 1.165) is 21.8 Å².